The molecule has 0 aromatic heterocycles. The summed E-state index contributed by atoms with van der Waals surface area (Å²) in [5, 5.41) is 3.26. The Balaban J connectivity index is 1.90. The van der Waals surface area contributed by atoms with Crippen LogP contribution in [0.2, 0.25) is 10.0 Å². The lowest BCUT2D eigenvalue weighted by molar-refractivity contribution is -0.127. The molecule has 0 heterocycles. The van der Waals surface area contributed by atoms with Crippen molar-refractivity contribution >= 4 is 40.8 Å². The third-order valence-electron chi connectivity index (χ3n) is 3.52. The molecule has 3 N–H and O–H groups in total. The van der Waals surface area contributed by atoms with E-state index >= 15 is 0 Å². The Morgan fingerprint density at radius 1 is 0.964 bits per heavy atom. The zero-order valence-corrected chi connectivity index (χ0v) is 16.9. The fourth-order valence-electron chi connectivity index (χ4n) is 2.10. The molecule has 2 rings (SSSR count). The summed E-state index contributed by atoms with van der Waals surface area (Å²) in [4.78, 5) is 24.2. The van der Waals surface area contributed by atoms with Crippen LogP contribution in [0, 0.1) is 0 Å². The highest BCUT2D eigenvalue weighted by Gasteiger charge is 2.17. The Morgan fingerprint density at radius 2 is 1.68 bits per heavy atom. The first-order valence-electron chi connectivity index (χ1n) is 8.04. The average molecular weight is 428 g/mol. The average Bonchev–Trinajstić information content (AvgIpc) is 2.68. The van der Waals surface area contributed by atoms with E-state index in [2.05, 4.69) is 16.2 Å². The molecule has 2 aromatic rings. The smallest absolute Gasteiger partial charge is 0.338 e. The standard InChI is InChI=1S/C18H19Cl2N3O5/c1-10(28-15-6-4-11(19)8-13(15)20)17(24)22-23-18(25)21-14-9-12(26-2)5-7-16(14)27-3/h4-10H,1-3H3,(H,22,24)(H2,21,23,25)/t10-/m1/s1. The lowest BCUT2D eigenvalue weighted by Crippen LogP contribution is -2.48. The molecule has 0 saturated heterocycles. The van der Waals surface area contributed by atoms with Gasteiger partial charge in [-0.15, -0.1) is 0 Å². The van der Waals surface area contributed by atoms with Crippen molar-refractivity contribution in [3.8, 4) is 17.2 Å². The number of hydrogen-bond acceptors (Lipinski definition) is 5. The molecule has 0 saturated carbocycles. The van der Waals surface area contributed by atoms with E-state index in [4.69, 9.17) is 37.4 Å². The van der Waals surface area contributed by atoms with Gasteiger partial charge < -0.3 is 19.5 Å². The Labute approximate surface area is 172 Å². The largest absolute Gasteiger partial charge is 0.497 e. The van der Waals surface area contributed by atoms with Crippen molar-refractivity contribution in [3.63, 3.8) is 0 Å². The number of urea groups is 1. The number of benzene rings is 2. The molecular formula is C18H19Cl2N3O5. The van der Waals surface area contributed by atoms with Gasteiger partial charge in [-0.25, -0.2) is 10.2 Å². The Morgan fingerprint density at radius 3 is 2.32 bits per heavy atom. The van der Waals surface area contributed by atoms with Gasteiger partial charge in [0.1, 0.15) is 17.2 Å². The Kier molecular flexibility index (Phi) is 7.60. The van der Waals surface area contributed by atoms with Crippen molar-refractivity contribution in [1.29, 1.82) is 0 Å². The van der Waals surface area contributed by atoms with Gasteiger partial charge in [-0.05, 0) is 37.3 Å². The first-order valence-corrected chi connectivity index (χ1v) is 8.80. The number of anilines is 1. The number of rotatable bonds is 6. The minimum Gasteiger partial charge on any atom is -0.497 e. The lowest BCUT2D eigenvalue weighted by Gasteiger charge is -2.17. The maximum Gasteiger partial charge on any atom is 0.338 e. The van der Waals surface area contributed by atoms with Gasteiger partial charge in [-0.3, -0.25) is 10.2 Å². The summed E-state index contributed by atoms with van der Waals surface area (Å²) in [6, 6.07) is 8.84. The summed E-state index contributed by atoms with van der Waals surface area (Å²) < 4.78 is 15.7. The van der Waals surface area contributed by atoms with Gasteiger partial charge >= 0.3 is 6.03 Å². The van der Waals surface area contributed by atoms with Crippen LogP contribution in [0.4, 0.5) is 10.5 Å². The molecule has 0 fully saturated rings. The number of halogens is 2. The van der Waals surface area contributed by atoms with Crippen molar-refractivity contribution in [2.75, 3.05) is 19.5 Å². The van der Waals surface area contributed by atoms with Crippen LogP contribution in [0.15, 0.2) is 36.4 Å². The van der Waals surface area contributed by atoms with E-state index in [1.165, 1.54) is 27.2 Å². The number of hydrogen-bond donors (Lipinski definition) is 3. The van der Waals surface area contributed by atoms with Crippen LogP contribution in [0.1, 0.15) is 6.92 Å². The molecule has 0 radical (unpaired) electrons. The topological polar surface area (TPSA) is 97.9 Å². The molecule has 0 aliphatic carbocycles. The second-order valence-electron chi connectivity index (χ2n) is 5.47. The van der Waals surface area contributed by atoms with E-state index in [9.17, 15) is 9.59 Å². The molecule has 0 aliphatic heterocycles. The fraction of sp³-hybridized carbons (Fsp3) is 0.222. The zero-order chi connectivity index (χ0) is 20.7. The monoisotopic (exact) mass is 427 g/mol. The molecule has 28 heavy (non-hydrogen) atoms. The quantitative estimate of drug-likeness (QED) is 0.611. The summed E-state index contributed by atoms with van der Waals surface area (Å²) in [5.74, 6) is 0.663. The number of carbonyl (C=O) groups excluding carboxylic acids is 2. The highest BCUT2D eigenvalue weighted by atomic mass is 35.5. The SMILES string of the molecule is COc1ccc(OC)c(NC(=O)NNC(=O)[C@@H](C)Oc2ccc(Cl)cc2Cl)c1. The van der Waals surface area contributed by atoms with E-state index in [1.54, 1.807) is 30.3 Å². The zero-order valence-electron chi connectivity index (χ0n) is 15.3. The van der Waals surface area contributed by atoms with Gasteiger partial charge in [0.25, 0.3) is 5.91 Å². The van der Waals surface area contributed by atoms with E-state index in [0.717, 1.165) is 0 Å². The normalized spacial score (nSPS) is 11.2. The van der Waals surface area contributed by atoms with E-state index in [-0.39, 0.29) is 5.02 Å². The van der Waals surface area contributed by atoms with Crippen LogP contribution in [0.5, 0.6) is 17.2 Å². The lowest BCUT2D eigenvalue weighted by atomic mass is 10.2. The number of carbonyl (C=O) groups is 2. The van der Waals surface area contributed by atoms with Gasteiger partial charge in [-0.1, -0.05) is 23.2 Å². The number of methoxy groups -OCH3 is 2. The van der Waals surface area contributed by atoms with Gasteiger partial charge in [0, 0.05) is 11.1 Å². The van der Waals surface area contributed by atoms with Crippen molar-refractivity contribution in [1.82, 2.24) is 10.9 Å². The minimum atomic E-state index is -0.926. The van der Waals surface area contributed by atoms with E-state index in [0.29, 0.717) is 28.0 Å². The van der Waals surface area contributed by atoms with Gasteiger partial charge in [0.2, 0.25) is 0 Å². The molecule has 1 atom stereocenters. The van der Waals surface area contributed by atoms with E-state index < -0.39 is 18.0 Å². The molecule has 8 nitrogen and oxygen atoms in total. The van der Waals surface area contributed by atoms with Crippen molar-refractivity contribution in [3.05, 3.63) is 46.4 Å². The van der Waals surface area contributed by atoms with Crippen molar-refractivity contribution < 1.29 is 23.8 Å². The predicted molar refractivity (Wildman–Crippen MR) is 106 cm³/mol. The van der Waals surface area contributed by atoms with Crippen molar-refractivity contribution in [2.45, 2.75) is 13.0 Å². The maximum atomic E-state index is 12.1. The number of ether oxygens (including phenoxy) is 3. The number of nitrogens with one attached hydrogen (secondary N) is 3. The van der Waals surface area contributed by atoms with Crippen molar-refractivity contribution in [2.24, 2.45) is 0 Å². The second-order valence-corrected chi connectivity index (χ2v) is 6.31. The molecule has 0 unspecified atom stereocenters. The second kappa shape index (κ2) is 9.91. The first-order chi connectivity index (χ1) is 13.3. The third-order valence-corrected chi connectivity index (χ3v) is 4.05. The van der Waals surface area contributed by atoms with Crippen LogP contribution in [0.3, 0.4) is 0 Å². The molecule has 10 heteroatoms. The summed E-state index contributed by atoms with van der Waals surface area (Å²) in [5.41, 5.74) is 4.85. The van der Waals surface area contributed by atoms with Crippen LogP contribution < -0.4 is 30.4 Å². The highest BCUT2D eigenvalue weighted by molar-refractivity contribution is 6.35. The van der Waals surface area contributed by atoms with Gasteiger partial charge in [0.05, 0.1) is 24.9 Å². The maximum absolute atomic E-state index is 12.1. The molecule has 0 bridgehead atoms. The molecular weight excluding hydrogens is 409 g/mol. The van der Waals surface area contributed by atoms with Crippen LogP contribution in [0.25, 0.3) is 0 Å². The van der Waals surface area contributed by atoms with Gasteiger partial charge in [-0.2, -0.15) is 0 Å². The molecule has 0 aliphatic rings. The van der Waals surface area contributed by atoms with Gasteiger partial charge in [0.15, 0.2) is 6.10 Å². The highest BCUT2D eigenvalue weighted by Crippen LogP contribution is 2.29. The summed E-state index contributed by atoms with van der Waals surface area (Å²) >= 11 is 11.8. The number of amides is 3. The number of hydrazine groups is 1. The fourth-order valence-corrected chi connectivity index (χ4v) is 2.55. The Bertz CT molecular complexity index is 863. The molecule has 3 amide bonds. The van der Waals surface area contributed by atoms with Crippen LogP contribution >= 0.6 is 23.2 Å². The predicted octanol–water partition coefficient (Wildman–Crippen LogP) is 3.63. The Hall–Kier alpha value is -2.84. The van der Waals surface area contributed by atoms with Crippen LogP contribution in [-0.2, 0) is 4.79 Å². The summed E-state index contributed by atoms with van der Waals surface area (Å²) in [6.07, 6.45) is -0.926. The molecule has 2 aromatic carbocycles. The summed E-state index contributed by atoms with van der Waals surface area (Å²) in [7, 11) is 2.97. The minimum absolute atomic E-state index is 0.267. The van der Waals surface area contributed by atoms with E-state index in [1.807, 2.05) is 0 Å². The first kappa shape index (κ1) is 21.5. The van der Waals surface area contributed by atoms with Crippen LogP contribution in [-0.4, -0.2) is 32.3 Å². The molecule has 0 spiro atoms. The molecule has 150 valence electrons. The third kappa shape index (κ3) is 5.83. The summed E-state index contributed by atoms with van der Waals surface area (Å²) in [6.45, 7) is 1.50.